The first-order chi connectivity index (χ1) is 16.4. The minimum Gasteiger partial charge on any atom is -0.454 e. The van der Waals surface area contributed by atoms with Gasteiger partial charge >= 0.3 is 6.03 Å². The molecule has 3 heterocycles. The monoisotopic (exact) mass is 481 g/mol. The SMILES string of the molecule is CN(Cc1ccc2c(c1)OCO2)C(=O)c1cc2cc(Cl)c3c(c2o1)C1(CCCCC1)NC(=O)N3. The molecule has 1 aliphatic carbocycles. The van der Waals surface area contributed by atoms with Crippen molar-refractivity contribution in [1.29, 1.82) is 0 Å². The van der Waals surface area contributed by atoms with Crippen LogP contribution in [0.15, 0.2) is 34.7 Å². The second-order valence-corrected chi connectivity index (χ2v) is 9.62. The summed E-state index contributed by atoms with van der Waals surface area (Å²) in [5, 5.41) is 7.17. The van der Waals surface area contributed by atoms with Gasteiger partial charge < -0.3 is 29.4 Å². The van der Waals surface area contributed by atoms with Gasteiger partial charge in [-0.2, -0.15) is 0 Å². The van der Waals surface area contributed by atoms with Crippen molar-refractivity contribution in [2.75, 3.05) is 19.2 Å². The summed E-state index contributed by atoms with van der Waals surface area (Å²) in [4.78, 5) is 27.3. The number of hydrogen-bond donors (Lipinski definition) is 2. The molecular formula is C25H24ClN3O5. The van der Waals surface area contributed by atoms with Gasteiger partial charge in [0.1, 0.15) is 5.58 Å². The Balaban J connectivity index is 1.36. The second-order valence-electron chi connectivity index (χ2n) is 9.21. The highest BCUT2D eigenvalue weighted by Crippen LogP contribution is 2.49. The van der Waals surface area contributed by atoms with Crippen LogP contribution in [0, 0.1) is 0 Å². The van der Waals surface area contributed by atoms with Crippen LogP contribution in [-0.4, -0.2) is 30.7 Å². The van der Waals surface area contributed by atoms with E-state index in [-0.39, 0.29) is 24.5 Å². The summed E-state index contributed by atoms with van der Waals surface area (Å²) >= 11 is 6.59. The number of hydrogen-bond acceptors (Lipinski definition) is 5. The number of halogens is 1. The molecule has 9 heteroatoms. The Labute approximate surface area is 201 Å². The first kappa shape index (κ1) is 21.2. The Morgan fingerprint density at radius 3 is 2.74 bits per heavy atom. The average Bonchev–Trinajstić information content (AvgIpc) is 3.45. The number of rotatable bonds is 3. The molecule has 0 unspecified atom stereocenters. The lowest BCUT2D eigenvalue weighted by Gasteiger charge is -2.42. The van der Waals surface area contributed by atoms with Crippen LogP contribution in [0.3, 0.4) is 0 Å². The second kappa shape index (κ2) is 7.84. The lowest BCUT2D eigenvalue weighted by atomic mass is 9.74. The van der Waals surface area contributed by atoms with E-state index in [1.807, 2.05) is 18.2 Å². The zero-order valence-corrected chi connectivity index (χ0v) is 19.5. The zero-order chi connectivity index (χ0) is 23.4. The molecule has 2 aromatic carbocycles. The first-order valence-electron chi connectivity index (χ1n) is 11.4. The van der Waals surface area contributed by atoms with E-state index < -0.39 is 5.54 Å². The first-order valence-corrected chi connectivity index (χ1v) is 11.8. The van der Waals surface area contributed by atoms with E-state index in [2.05, 4.69) is 10.6 Å². The van der Waals surface area contributed by atoms with Crippen LogP contribution in [0.25, 0.3) is 11.0 Å². The summed E-state index contributed by atoms with van der Waals surface area (Å²) in [5.41, 5.74) is 2.38. The normalized spacial score (nSPS) is 17.9. The van der Waals surface area contributed by atoms with E-state index in [1.165, 1.54) is 0 Å². The fourth-order valence-electron chi connectivity index (χ4n) is 5.36. The van der Waals surface area contributed by atoms with E-state index in [1.54, 1.807) is 24.1 Å². The highest BCUT2D eigenvalue weighted by Gasteiger charge is 2.44. The Morgan fingerprint density at radius 2 is 1.91 bits per heavy atom. The van der Waals surface area contributed by atoms with Crippen molar-refractivity contribution in [2.45, 2.75) is 44.2 Å². The zero-order valence-electron chi connectivity index (χ0n) is 18.7. The topological polar surface area (TPSA) is 93.0 Å². The van der Waals surface area contributed by atoms with Crippen molar-refractivity contribution < 1.29 is 23.5 Å². The summed E-state index contributed by atoms with van der Waals surface area (Å²) in [6.07, 6.45) is 4.72. The third-order valence-corrected chi connectivity index (χ3v) is 7.25. The van der Waals surface area contributed by atoms with Crippen LogP contribution in [0.2, 0.25) is 5.02 Å². The highest BCUT2D eigenvalue weighted by atomic mass is 35.5. The molecule has 0 saturated heterocycles. The molecule has 3 amide bonds. The number of fused-ring (bicyclic) bond motifs is 5. The lowest BCUT2D eigenvalue weighted by Crippen LogP contribution is -2.52. The minimum absolute atomic E-state index is 0.205. The average molecular weight is 482 g/mol. The number of urea groups is 1. The number of carbonyl (C=O) groups excluding carboxylic acids is 2. The third kappa shape index (κ3) is 3.36. The van der Waals surface area contributed by atoms with Gasteiger partial charge in [0.2, 0.25) is 6.79 Å². The van der Waals surface area contributed by atoms with Gasteiger partial charge in [-0.05, 0) is 42.7 Å². The Kier molecular flexibility index (Phi) is 4.88. The lowest BCUT2D eigenvalue weighted by molar-refractivity contribution is 0.0755. The molecule has 2 N–H and O–H groups in total. The van der Waals surface area contributed by atoms with Crippen LogP contribution in [-0.2, 0) is 12.1 Å². The molecule has 0 bridgehead atoms. The largest absolute Gasteiger partial charge is 0.454 e. The number of amides is 3. The van der Waals surface area contributed by atoms with Crippen molar-refractivity contribution in [3.63, 3.8) is 0 Å². The summed E-state index contributed by atoms with van der Waals surface area (Å²) in [7, 11) is 1.73. The van der Waals surface area contributed by atoms with E-state index >= 15 is 0 Å². The van der Waals surface area contributed by atoms with Gasteiger partial charge in [0.15, 0.2) is 17.3 Å². The molecule has 34 heavy (non-hydrogen) atoms. The van der Waals surface area contributed by atoms with Gasteiger partial charge in [0, 0.05) is 24.5 Å². The molecule has 2 aliphatic heterocycles. The van der Waals surface area contributed by atoms with E-state index in [9.17, 15) is 9.59 Å². The summed E-state index contributed by atoms with van der Waals surface area (Å²) in [5.74, 6) is 1.36. The molecule has 8 nitrogen and oxygen atoms in total. The van der Waals surface area contributed by atoms with Gasteiger partial charge in [0.05, 0.1) is 16.2 Å². The summed E-state index contributed by atoms with van der Waals surface area (Å²) in [6, 6.07) is 8.84. The molecule has 6 rings (SSSR count). The number of nitrogens with zero attached hydrogens (tertiary/aromatic N) is 1. The molecule has 3 aromatic rings. The van der Waals surface area contributed by atoms with Crippen LogP contribution < -0.4 is 20.1 Å². The molecule has 1 aromatic heterocycles. The maximum Gasteiger partial charge on any atom is 0.319 e. The molecule has 1 spiro atoms. The predicted molar refractivity (Wildman–Crippen MR) is 127 cm³/mol. The van der Waals surface area contributed by atoms with Crippen LogP contribution >= 0.6 is 11.6 Å². The maximum absolute atomic E-state index is 13.3. The third-order valence-electron chi connectivity index (χ3n) is 6.95. The van der Waals surface area contributed by atoms with E-state index in [4.69, 9.17) is 25.5 Å². The Hall–Kier alpha value is -3.39. The molecular weight excluding hydrogens is 458 g/mol. The maximum atomic E-state index is 13.3. The van der Waals surface area contributed by atoms with Crippen LogP contribution in [0.1, 0.15) is 53.8 Å². The van der Waals surface area contributed by atoms with Gasteiger partial charge in [-0.15, -0.1) is 0 Å². The molecule has 0 radical (unpaired) electrons. The molecule has 0 atom stereocenters. The van der Waals surface area contributed by atoms with Crippen molar-refractivity contribution in [1.82, 2.24) is 10.2 Å². The van der Waals surface area contributed by atoms with Gasteiger partial charge in [-0.1, -0.05) is 36.9 Å². The van der Waals surface area contributed by atoms with E-state index in [0.717, 1.165) is 48.6 Å². The van der Waals surface area contributed by atoms with E-state index in [0.29, 0.717) is 34.3 Å². The summed E-state index contributed by atoms with van der Waals surface area (Å²) < 4.78 is 17.0. The molecule has 176 valence electrons. The van der Waals surface area contributed by atoms with Crippen molar-refractivity contribution in [3.05, 3.63) is 52.2 Å². The number of benzene rings is 2. The summed E-state index contributed by atoms with van der Waals surface area (Å²) in [6.45, 7) is 0.586. The Bertz CT molecular complexity index is 1330. The van der Waals surface area contributed by atoms with Gasteiger partial charge in [0.25, 0.3) is 5.91 Å². The molecule has 3 aliphatic rings. The van der Waals surface area contributed by atoms with Gasteiger partial charge in [-0.25, -0.2) is 4.79 Å². The number of carbonyl (C=O) groups is 2. The number of furan rings is 1. The molecule has 1 fully saturated rings. The Morgan fingerprint density at radius 1 is 1.12 bits per heavy atom. The van der Waals surface area contributed by atoms with Crippen molar-refractivity contribution in [3.8, 4) is 11.5 Å². The standard InChI is InChI=1S/C25H24ClN3O5/c1-29(12-14-5-6-17-18(9-14)33-13-32-17)23(30)19-11-15-10-16(26)21-20(22(15)34-19)25(28-24(31)27-21)7-3-2-4-8-25/h5-6,9-11H,2-4,7-8,12-13H2,1H3,(H2,27,28,31). The number of nitrogens with one attached hydrogen (secondary N) is 2. The fourth-order valence-corrected chi connectivity index (χ4v) is 5.62. The number of anilines is 1. The van der Waals surface area contributed by atoms with Crippen LogP contribution in [0.5, 0.6) is 11.5 Å². The molecule has 1 saturated carbocycles. The fraction of sp³-hybridized carbons (Fsp3) is 0.360. The number of ether oxygens (including phenoxy) is 2. The van der Waals surface area contributed by atoms with Gasteiger partial charge in [-0.3, -0.25) is 4.79 Å². The van der Waals surface area contributed by atoms with Crippen molar-refractivity contribution in [2.24, 2.45) is 0 Å². The van der Waals surface area contributed by atoms with Crippen molar-refractivity contribution >= 4 is 40.2 Å². The minimum atomic E-state index is -0.546. The highest BCUT2D eigenvalue weighted by molar-refractivity contribution is 6.35. The quantitative estimate of drug-likeness (QED) is 0.523. The predicted octanol–water partition coefficient (Wildman–Crippen LogP) is 5.38. The smallest absolute Gasteiger partial charge is 0.319 e. The van der Waals surface area contributed by atoms with Crippen LogP contribution in [0.4, 0.5) is 10.5 Å².